The van der Waals surface area contributed by atoms with Gasteiger partial charge in [-0.25, -0.2) is 0 Å². The minimum absolute atomic E-state index is 0.0755. The van der Waals surface area contributed by atoms with Crippen LogP contribution in [0.1, 0.15) is 113 Å². The maximum Gasteiger partial charge on any atom is 0.311 e. The highest BCUT2D eigenvalue weighted by Crippen LogP contribution is 2.40. The number of methoxy groups -OCH3 is 1. The molecule has 1 aliphatic rings. The molecule has 0 radical (unpaired) electrons. The number of unbranched alkanes of at least 4 members (excludes halogenated alkanes) is 8. The number of carbonyl (C=O) groups excluding carboxylic acids is 2. The molecule has 35 heavy (non-hydrogen) atoms. The Bertz CT molecular complexity index is 901. The third kappa shape index (κ3) is 8.83. The summed E-state index contributed by atoms with van der Waals surface area (Å²) in [7, 11) is 1.65. The van der Waals surface area contributed by atoms with Crippen LogP contribution in [-0.4, -0.2) is 18.9 Å². The first-order valence-electron chi connectivity index (χ1n) is 13.6. The number of ketones is 1. The number of hydrogen-bond donors (Lipinski definition) is 0. The highest BCUT2D eigenvalue weighted by atomic mass is 16.5. The van der Waals surface area contributed by atoms with Gasteiger partial charge in [-0.1, -0.05) is 82.6 Å². The Kier molecular flexibility index (Phi) is 11.3. The lowest BCUT2D eigenvalue weighted by Crippen LogP contribution is -2.22. The minimum Gasteiger partial charge on any atom is -0.497 e. The first-order valence-corrected chi connectivity index (χ1v) is 13.6. The summed E-state index contributed by atoms with van der Waals surface area (Å²) in [5.74, 6) is 1.82. The standard InChI is InChI=1S/C31H42O4/c1-3-4-5-6-7-8-9-10-11-12-31(33)35-28-20-13-24(14-21-28)26-17-22-30(32)29(23-26)25-15-18-27(34-2)19-16-25/h13-16,18-21,26,29H,3-12,17,22-23H2,1-2H3. The van der Waals surface area contributed by atoms with E-state index in [1.807, 2.05) is 48.5 Å². The van der Waals surface area contributed by atoms with Crippen molar-refractivity contribution in [2.45, 2.75) is 102 Å². The summed E-state index contributed by atoms with van der Waals surface area (Å²) in [5, 5.41) is 0. The molecule has 2 aromatic rings. The van der Waals surface area contributed by atoms with E-state index < -0.39 is 0 Å². The highest BCUT2D eigenvalue weighted by molar-refractivity contribution is 5.86. The maximum absolute atomic E-state index is 12.6. The number of benzene rings is 2. The summed E-state index contributed by atoms with van der Waals surface area (Å²) < 4.78 is 10.8. The van der Waals surface area contributed by atoms with Gasteiger partial charge in [0.2, 0.25) is 0 Å². The van der Waals surface area contributed by atoms with Gasteiger partial charge in [-0.3, -0.25) is 9.59 Å². The molecule has 4 nitrogen and oxygen atoms in total. The third-order valence-electron chi connectivity index (χ3n) is 7.23. The molecule has 0 bridgehead atoms. The summed E-state index contributed by atoms with van der Waals surface area (Å²) in [6.45, 7) is 2.24. The molecule has 0 aromatic heterocycles. The SMILES string of the molecule is CCCCCCCCCCCC(=O)Oc1ccc(C2CCC(=O)C(c3ccc(OC)cc3)C2)cc1. The van der Waals surface area contributed by atoms with E-state index in [4.69, 9.17) is 9.47 Å². The zero-order valence-corrected chi connectivity index (χ0v) is 21.6. The van der Waals surface area contributed by atoms with Crippen molar-refractivity contribution in [2.75, 3.05) is 7.11 Å². The molecule has 4 heteroatoms. The van der Waals surface area contributed by atoms with Gasteiger partial charge in [0.15, 0.2) is 0 Å². The molecule has 2 unspecified atom stereocenters. The van der Waals surface area contributed by atoms with E-state index >= 15 is 0 Å². The topological polar surface area (TPSA) is 52.6 Å². The van der Waals surface area contributed by atoms with Crippen LogP contribution in [0.15, 0.2) is 48.5 Å². The number of ether oxygens (including phenoxy) is 2. The lowest BCUT2D eigenvalue weighted by molar-refractivity contribution is -0.134. The number of carbonyl (C=O) groups is 2. The van der Waals surface area contributed by atoms with Crippen LogP contribution in [0.2, 0.25) is 0 Å². The zero-order chi connectivity index (χ0) is 24.9. The molecule has 0 aliphatic heterocycles. The van der Waals surface area contributed by atoms with Crippen molar-refractivity contribution >= 4 is 11.8 Å². The van der Waals surface area contributed by atoms with Crippen LogP contribution in [-0.2, 0) is 9.59 Å². The second-order valence-corrected chi connectivity index (χ2v) is 9.88. The van der Waals surface area contributed by atoms with Crippen molar-refractivity contribution in [2.24, 2.45) is 0 Å². The predicted molar refractivity (Wildman–Crippen MR) is 141 cm³/mol. The molecule has 0 heterocycles. The lowest BCUT2D eigenvalue weighted by atomic mass is 9.74. The van der Waals surface area contributed by atoms with E-state index in [0.717, 1.165) is 37.0 Å². The molecule has 0 amide bonds. The second-order valence-electron chi connectivity index (χ2n) is 9.88. The van der Waals surface area contributed by atoms with Crippen LogP contribution in [0, 0.1) is 0 Å². The highest BCUT2D eigenvalue weighted by Gasteiger charge is 2.30. The number of hydrogen-bond acceptors (Lipinski definition) is 4. The molecular formula is C31H42O4. The minimum atomic E-state index is -0.150. The van der Waals surface area contributed by atoms with Gasteiger partial charge >= 0.3 is 5.97 Å². The summed E-state index contributed by atoms with van der Waals surface area (Å²) in [5.41, 5.74) is 2.26. The fourth-order valence-electron chi connectivity index (χ4n) is 5.06. The van der Waals surface area contributed by atoms with Gasteiger partial charge in [0.25, 0.3) is 0 Å². The van der Waals surface area contributed by atoms with Crippen LogP contribution in [0.4, 0.5) is 0 Å². The molecule has 1 aliphatic carbocycles. The van der Waals surface area contributed by atoms with E-state index in [2.05, 4.69) is 6.92 Å². The monoisotopic (exact) mass is 478 g/mol. The van der Waals surface area contributed by atoms with Crippen molar-refractivity contribution in [3.8, 4) is 11.5 Å². The molecule has 1 fully saturated rings. The van der Waals surface area contributed by atoms with Gasteiger partial charge < -0.3 is 9.47 Å². The average Bonchev–Trinajstić information content (AvgIpc) is 2.88. The van der Waals surface area contributed by atoms with Crippen molar-refractivity contribution in [1.82, 2.24) is 0 Å². The quantitative estimate of drug-likeness (QED) is 0.156. The van der Waals surface area contributed by atoms with E-state index in [-0.39, 0.29) is 11.9 Å². The van der Waals surface area contributed by atoms with Crippen molar-refractivity contribution in [1.29, 1.82) is 0 Å². The van der Waals surface area contributed by atoms with Crippen molar-refractivity contribution in [3.63, 3.8) is 0 Å². The van der Waals surface area contributed by atoms with E-state index in [1.165, 1.54) is 50.5 Å². The van der Waals surface area contributed by atoms with Gasteiger partial charge in [0, 0.05) is 18.8 Å². The second kappa shape index (κ2) is 14.7. The molecule has 0 N–H and O–H groups in total. The van der Waals surface area contributed by atoms with Crippen LogP contribution in [0.25, 0.3) is 0 Å². The largest absolute Gasteiger partial charge is 0.497 e. The fraction of sp³-hybridized carbons (Fsp3) is 0.548. The maximum atomic E-state index is 12.6. The summed E-state index contributed by atoms with van der Waals surface area (Å²) >= 11 is 0. The van der Waals surface area contributed by atoms with Gasteiger partial charge in [0.1, 0.15) is 17.3 Å². The molecule has 2 atom stereocenters. The summed E-state index contributed by atoms with van der Waals surface area (Å²) in [6, 6.07) is 15.7. The Labute approximate surface area is 211 Å². The summed E-state index contributed by atoms with van der Waals surface area (Å²) in [4.78, 5) is 24.8. The van der Waals surface area contributed by atoms with E-state index in [0.29, 0.717) is 30.3 Å². The molecule has 0 saturated heterocycles. The van der Waals surface area contributed by atoms with Gasteiger partial charge in [0.05, 0.1) is 7.11 Å². The molecule has 2 aromatic carbocycles. The van der Waals surface area contributed by atoms with Crippen LogP contribution in [0.5, 0.6) is 11.5 Å². The Balaban J connectivity index is 1.41. The molecule has 0 spiro atoms. The predicted octanol–water partition coefficient (Wildman–Crippen LogP) is 8.14. The first-order chi connectivity index (χ1) is 17.1. The van der Waals surface area contributed by atoms with E-state index in [9.17, 15) is 9.59 Å². The fourth-order valence-corrected chi connectivity index (χ4v) is 5.06. The van der Waals surface area contributed by atoms with Crippen LogP contribution < -0.4 is 9.47 Å². The lowest BCUT2D eigenvalue weighted by Gasteiger charge is -2.29. The average molecular weight is 479 g/mol. The number of esters is 1. The van der Waals surface area contributed by atoms with Crippen molar-refractivity contribution < 1.29 is 19.1 Å². The van der Waals surface area contributed by atoms with Crippen molar-refractivity contribution in [3.05, 3.63) is 59.7 Å². The number of rotatable bonds is 14. The normalized spacial score (nSPS) is 17.8. The van der Waals surface area contributed by atoms with Gasteiger partial charge in [-0.2, -0.15) is 0 Å². The summed E-state index contributed by atoms with van der Waals surface area (Å²) in [6.07, 6.45) is 13.8. The van der Waals surface area contributed by atoms with Gasteiger partial charge in [-0.05, 0) is 60.6 Å². The Morgan fingerprint density at radius 2 is 1.37 bits per heavy atom. The number of Topliss-reactive ketones (excluding diaryl/α,β-unsaturated/α-hetero) is 1. The van der Waals surface area contributed by atoms with Crippen LogP contribution >= 0.6 is 0 Å². The molecule has 190 valence electrons. The van der Waals surface area contributed by atoms with Gasteiger partial charge in [-0.15, -0.1) is 0 Å². The molecular weight excluding hydrogens is 436 g/mol. The molecule has 1 saturated carbocycles. The Morgan fingerprint density at radius 3 is 2.00 bits per heavy atom. The zero-order valence-electron chi connectivity index (χ0n) is 21.6. The van der Waals surface area contributed by atoms with E-state index in [1.54, 1.807) is 7.11 Å². The first kappa shape index (κ1) is 27.0. The van der Waals surface area contributed by atoms with Crippen LogP contribution in [0.3, 0.4) is 0 Å². The third-order valence-corrected chi connectivity index (χ3v) is 7.23. The Hall–Kier alpha value is -2.62. The Morgan fingerprint density at radius 1 is 0.800 bits per heavy atom. The molecule has 3 rings (SSSR count). The smallest absolute Gasteiger partial charge is 0.311 e.